The molecule has 2 N–H and O–H groups in total. The number of unbranched alkanes of at least 4 members (excludes halogenated alkanes) is 1. The molecule has 1 atom stereocenters. The van der Waals surface area contributed by atoms with Gasteiger partial charge >= 0.3 is 0 Å². The molecule has 0 spiro atoms. The van der Waals surface area contributed by atoms with Crippen LogP contribution in [0.4, 0.5) is 0 Å². The van der Waals surface area contributed by atoms with Gasteiger partial charge in [-0.05, 0) is 35.4 Å². The van der Waals surface area contributed by atoms with E-state index in [2.05, 4.69) is 12.2 Å². The van der Waals surface area contributed by atoms with Crippen LogP contribution in [0.15, 0.2) is 16.8 Å². The Bertz CT molecular complexity index is 211. The lowest BCUT2D eigenvalue weighted by molar-refractivity contribution is 0.175. The average molecular weight is 199 g/mol. The zero-order chi connectivity index (χ0) is 9.52. The highest BCUT2D eigenvalue weighted by molar-refractivity contribution is 7.07. The number of nitrogens with one attached hydrogen (secondary N) is 1. The fourth-order valence-electron chi connectivity index (χ4n) is 1.12. The lowest BCUT2D eigenvalue weighted by Gasteiger charge is -2.09. The van der Waals surface area contributed by atoms with Gasteiger partial charge in [0.2, 0.25) is 0 Å². The number of aliphatic hydroxyl groups excluding tert-OH is 1. The first-order valence-electron chi connectivity index (χ1n) is 4.75. The first kappa shape index (κ1) is 10.7. The Kier molecular flexibility index (Phi) is 5.05. The molecule has 0 aliphatic rings. The van der Waals surface area contributed by atoms with Crippen molar-refractivity contribution in [3.8, 4) is 0 Å². The van der Waals surface area contributed by atoms with E-state index in [0.29, 0.717) is 6.54 Å². The maximum absolute atomic E-state index is 9.65. The Morgan fingerprint density at radius 3 is 3.08 bits per heavy atom. The Balaban J connectivity index is 2.15. The predicted molar refractivity (Wildman–Crippen MR) is 57.1 cm³/mol. The van der Waals surface area contributed by atoms with Crippen LogP contribution in [0, 0.1) is 0 Å². The summed E-state index contributed by atoms with van der Waals surface area (Å²) in [4.78, 5) is 0. The van der Waals surface area contributed by atoms with Crippen LogP contribution in [0.2, 0.25) is 0 Å². The second kappa shape index (κ2) is 6.13. The SMILES string of the molecule is CCCCNCC(O)c1ccsc1. The van der Waals surface area contributed by atoms with E-state index in [0.717, 1.165) is 12.1 Å². The van der Waals surface area contributed by atoms with E-state index in [-0.39, 0.29) is 6.10 Å². The highest BCUT2D eigenvalue weighted by Gasteiger charge is 2.05. The van der Waals surface area contributed by atoms with Gasteiger partial charge in [-0.3, -0.25) is 0 Å². The molecule has 0 fully saturated rings. The van der Waals surface area contributed by atoms with Crippen molar-refractivity contribution in [1.29, 1.82) is 0 Å². The summed E-state index contributed by atoms with van der Waals surface area (Å²) in [5, 5.41) is 16.9. The van der Waals surface area contributed by atoms with Crippen LogP contribution in [0.1, 0.15) is 31.4 Å². The normalized spacial score (nSPS) is 13.1. The molecule has 74 valence electrons. The summed E-state index contributed by atoms with van der Waals surface area (Å²) in [7, 11) is 0. The van der Waals surface area contributed by atoms with Gasteiger partial charge in [0.15, 0.2) is 0 Å². The molecular weight excluding hydrogens is 182 g/mol. The lowest BCUT2D eigenvalue weighted by Crippen LogP contribution is -2.22. The molecule has 1 unspecified atom stereocenters. The number of hydrogen-bond donors (Lipinski definition) is 2. The number of rotatable bonds is 6. The fourth-order valence-corrected chi connectivity index (χ4v) is 1.83. The topological polar surface area (TPSA) is 32.3 Å². The highest BCUT2D eigenvalue weighted by atomic mass is 32.1. The number of aliphatic hydroxyl groups is 1. The second-order valence-corrected chi connectivity index (χ2v) is 3.91. The van der Waals surface area contributed by atoms with Gasteiger partial charge < -0.3 is 10.4 Å². The Morgan fingerprint density at radius 2 is 2.46 bits per heavy atom. The molecule has 1 rings (SSSR count). The van der Waals surface area contributed by atoms with Crippen molar-refractivity contribution < 1.29 is 5.11 Å². The summed E-state index contributed by atoms with van der Waals surface area (Å²) in [5.41, 5.74) is 1.02. The van der Waals surface area contributed by atoms with E-state index >= 15 is 0 Å². The monoisotopic (exact) mass is 199 g/mol. The molecule has 0 saturated heterocycles. The molecule has 3 heteroatoms. The zero-order valence-corrected chi connectivity index (χ0v) is 8.81. The molecule has 0 amide bonds. The van der Waals surface area contributed by atoms with Crippen LogP contribution in [-0.4, -0.2) is 18.2 Å². The minimum atomic E-state index is -0.344. The van der Waals surface area contributed by atoms with E-state index < -0.39 is 0 Å². The first-order valence-corrected chi connectivity index (χ1v) is 5.69. The summed E-state index contributed by atoms with van der Waals surface area (Å²) in [5.74, 6) is 0. The first-order chi connectivity index (χ1) is 6.34. The number of thiophene rings is 1. The third kappa shape index (κ3) is 3.89. The van der Waals surface area contributed by atoms with E-state index in [1.165, 1.54) is 12.8 Å². The Hall–Kier alpha value is -0.380. The number of hydrogen-bond acceptors (Lipinski definition) is 3. The van der Waals surface area contributed by atoms with Crippen LogP contribution < -0.4 is 5.32 Å². The minimum Gasteiger partial charge on any atom is -0.387 e. The Labute approximate surface area is 83.6 Å². The van der Waals surface area contributed by atoms with Gasteiger partial charge in [0, 0.05) is 6.54 Å². The van der Waals surface area contributed by atoms with Crippen LogP contribution in [0.5, 0.6) is 0 Å². The van der Waals surface area contributed by atoms with Crippen molar-refractivity contribution in [2.75, 3.05) is 13.1 Å². The van der Waals surface area contributed by atoms with Gasteiger partial charge in [-0.2, -0.15) is 11.3 Å². The fraction of sp³-hybridized carbons (Fsp3) is 0.600. The van der Waals surface area contributed by atoms with E-state index in [9.17, 15) is 5.11 Å². The van der Waals surface area contributed by atoms with Crippen molar-refractivity contribution in [2.45, 2.75) is 25.9 Å². The molecule has 0 aliphatic heterocycles. The van der Waals surface area contributed by atoms with Crippen molar-refractivity contribution >= 4 is 11.3 Å². The summed E-state index contributed by atoms with van der Waals surface area (Å²) < 4.78 is 0. The summed E-state index contributed by atoms with van der Waals surface area (Å²) in [6, 6.07) is 1.97. The Morgan fingerprint density at radius 1 is 1.62 bits per heavy atom. The molecule has 2 nitrogen and oxygen atoms in total. The molecule has 0 bridgehead atoms. The predicted octanol–water partition coefficient (Wildman–Crippen LogP) is 2.17. The molecule has 0 radical (unpaired) electrons. The van der Waals surface area contributed by atoms with Gasteiger partial charge in [-0.25, -0.2) is 0 Å². The maximum Gasteiger partial charge on any atom is 0.0922 e. The standard InChI is InChI=1S/C10H17NOS/c1-2-3-5-11-7-10(12)9-4-6-13-8-9/h4,6,8,10-12H,2-3,5,7H2,1H3. The van der Waals surface area contributed by atoms with Gasteiger partial charge in [0.05, 0.1) is 6.10 Å². The van der Waals surface area contributed by atoms with Gasteiger partial charge in [0.25, 0.3) is 0 Å². The lowest BCUT2D eigenvalue weighted by atomic mass is 10.2. The molecule has 1 aromatic heterocycles. The third-order valence-electron chi connectivity index (χ3n) is 1.97. The summed E-state index contributed by atoms with van der Waals surface area (Å²) in [6.07, 6.45) is 2.03. The summed E-state index contributed by atoms with van der Waals surface area (Å²) >= 11 is 1.62. The molecule has 0 aliphatic carbocycles. The maximum atomic E-state index is 9.65. The molecule has 13 heavy (non-hydrogen) atoms. The van der Waals surface area contributed by atoms with Gasteiger partial charge in [-0.15, -0.1) is 0 Å². The quantitative estimate of drug-likeness (QED) is 0.688. The average Bonchev–Trinajstić information content (AvgIpc) is 2.65. The van der Waals surface area contributed by atoms with E-state index in [1.54, 1.807) is 11.3 Å². The summed E-state index contributed by atoms with van der Waals surface area (Å²) in [6.45, 7) is 3.82. The van der Waals surface area contributed by atoms with Crippen molar-refractivity contribution in [2.24, 2.45) is 0 Å². The second-order valence-electron chi connectivity index (χ2n) is 3.13. The van der Waals surface area contributed by atoms with Crippen LogP contribution in [0.25, 0.3) is 0 Å². The van der Waals surface area contributed by atoms with Gasteiger partial charge in [-0.1, -0.05) is 13.3 Å². The van der Waals surface area contributed by atoms with Crippen molar-refractivity contribution in [1.82, 2.24) is 5.32 Å². The molecule has 0 saturated carbocycles. The van der Waals surface area contributed by atoms with Crippen LogP contribution >= 0.6 is 11.3 Å². The largest absolute Gasteiger partial charge is 0.387 e. The highest BCUT2D eigenvalue weighted by Crippen LogP contribution is 2.14. The molecular formula is C10H17NOS. The van der Waals surface area contributed by atoms with Crippen molar-refractivity contribution in [3.05, 3.63) is 22.4 Å². The molecule has 0 aromatic carbocycles. The zero-order valence-electron chi connectivity index (χ0n) is 7.99. The van der Waals surface area contributed by atoms with E-state index in [4.69, 9.17) is 0 Å². The van der Waals surface area contributed by atoms with E-state index in [1.807, 2.05) is 16.8 Å². The third-order valence-corrected chi connectivity index (χ3v) is 2.67. The van der Waals surface area contributed by atoms with Crippen LogP contribution in [-0.2, 0) is 0 Å². The van der Waals surface area contributed by atoms with Gasteiger partial charge in [0.1, 0.15) is 0 Å². The molecule has 1 heterocycles. The van der Waals surface area contributed by atoms with Crippen LogP contribution in [0.3, 0.4) is 0 Å². The van der Waals surface area contributed by atoms with Crippen molar-refractivity contribution in [3.63, 3.8) is 0 Å². The minimum absolute atomic E-state index is 0.344. The molecule has 1 aromatic rings. The smallest absolute Gasteiger partial charge is 0.0922 e.